The van der Waals surface area contributed by atoms with E-state index in [0.717, 1.165) is 9.13 Å². The SMILES string of the molecule is Cn1cc(-c2ncc(I)c(Cl)n2)cn1. The van der Waals surface area contributed by atoms with Gasteiger partial charge >= 0.3 is 0 Å². The van der Waals surface area contributed by atoms with Crippen LogP contribution >= 0.6 is 34.2 Å². The van der Waals surface area contributed by atoms with E-state index in [4.69, 9.17) is 11.6 Å². The van der Waals surface area contributed by atoms with Gasteiger partial charge < -0.3 is 0 Å². The zero-order valence-corrected chi connectivity index (χ0v) is 10.2. The highest BCUT2D eigenvalue weighted by Crippen LogP contribution is 2.19. The van der Waals surface area contributed by atoms with E-state index < -0.39 is 0 Å². The van der Waals surface area contributed by atoms with Crippen molar-refractivity contribution in [3.05, 3.63) is 27.3 Å². The first-order chi connectivity index (χ1) is 6.66. The molecule has 6 heteroatoms. The molecule has 2 aromatic rings. The molecule has 0 spiro atoms. The Morgan fingerprint density at radius 1 is 1.43 bits per heavy atom. The van der Waals surface area contributed by atoms with Crippen molar-refractivity contribution in [3.63, 3.8) is 0 Å². The first kappa shape index (κ1) is 9.85. The van der Waals surface area contributed by atoms with Gasteiger partial charge in [-0.15, -0.1) is 0 Å². The van der Waals surface area contributed by atoms with E-state index in [2.05, 4.69) is 37.7 Å². The molecule has 0 aliphatic heterocycles. The average molecular weight is 321 g/mol. The molecule has 2 aromatic heterocycles. The topological polar surface area (TPSA) is 43.6 Å². The maximum Gasteiger partial charge on any atom is 0.164 e. The van der Waals surface area contributed by atoms with E-state index in [0.29, 0.717) is 11.0 Å². The zero-order chi connectivity index (χ0) is 10.1. The lowest BCUT2D eigenvalue weighted by Crippen LogP contribution is -1.90. The second kappa shape index (κ2) is 3.82. The van der Waals surface area contributed by atoms with Crippen LogP contribution in [0.4, 0.5) is 0 Å². The normalized spacial score (nSPS) is 10.5. The summed E-state index contributed by atoms with van der Waals surface area (Å²) < 4.78 is 2.54. The Morgan fingerprint density at radius 2 is 2.21 bits per heavy atom. The summed E-state index contributed by atoms with van der Waals surface area (Å²) in [6.45, 7) is 0. The highest BCUT2D eigenvalue weighted by molar-refractivity contribution is 14.1. The van der Waals surface area contributed by atoms with Crippen LogP contribution in [0.2, 0.25) is 5.15 Å². The molecule has 0 atom stereocenters. The summed E-state index contributed by atoms with van der Waals surface area (Å²) in [4.78, 5) is 8.32. The maximum absolute atomic E-state index is 5.88. The van der Waals surface area contributed by atoms with Gasteiger partial charge in [-0.05, 0) is 22.6 Å². The van der Waals surface area contributed by atoms with Gasteiger partial charge in [-0.1, -0.05) is 11.6 Å². The zero-order valence-electron chi connectivity index (χ0n) is 7.28. The van der Waals surface area contributed by atoms with Gasteiger partial charge in [0.15, 0.2) is 5.82 Å². The summed E-state index contributed by atoms with van der Waals surface area (Å²) in [5.74, 6) is 0.600. The van der Waals surface area contributed by atoms with Gasteiger partial charge in [0.05, 0.1) is 15.3 Å². The van der Waals surface area contributed by atoms with Gasteiger partial charge in [-0.25, -0.2) is 9.97 Å². The highest BCUT2D eigenvalue weighted by Gasteiger charge is 2.06. The maximum atomic E-state index is 5.88. The Labute approximate surface area is 99.5 Å². The number of hydrogen-bond donors (Lipinski definition) is 0. The van der Waals surface area contributed by atoms with Crippen LogP contribution in [0.25, 0.3) is 11.4 Å². The summed E-state index contributed by atoms with van der Waals surface area (Å²) in [5, 5.41) is 4.51. The van der Waals surface area contributed by atoms with Gasteiger partial charge in [-0.2, -0.15) is 5.10 Å². The molecular weight excluding hydrogens is 314 g/mol. The number of nitrogens with zero attached hydrogens (tertiary/aromatic N) is 4. The molecule has 0 saturated carbocycles. The molecule has 72 valence electrons. The van der Waals surface area contributed by atoms with Crippen molar-refractivity contribution in [2.45, 2.75) is 0 Å². The standard InChI is InChI=1S/C8H6ClIN4/c1-14-4-5(2-12-14)8-11-3-6(10)7(9)13-8/h2-4H,1H3. The third-order valence-electron chi connectivity index (χ3n) is 1.66. The number of aryl methyl sites for hydroxylation is 1. The molecule has 14 heavy (non-hydrogen) atoms. The van der Waals surface area contributed by atoms with Crippen LogP contribution in [0.5, 0.6) is 0 Å². The second-order valence-corrected chi connectivity index (χ2v) is 4.26. The van der Waals surface area contributed by atoms with E-state index in [-0.39, 0.29) is 0 Å². The minimum atomic E-state index is 0.472. The first-order valence-electron chi connectivity index (χ1n) is 3.84. The Bertz CT molecular complexity index is 468. The van der Waals surface area contributed by atoms with Gasteiger partial charge in [0.25, 0.3) is 0 Å². The third-order valence-corrected chi connectivity index (χ3v) is 3.06. The van der Waals surface area contributed by atoms with E-state index in [1.165, 1.54) is 0 Å². The smallest absolute Gasteiger partial charge is 0.164 e. The molecule has 4 nitrogen and oxygen atoms in total. The van der Waals surface area contributed by atoms with Crippen molar-refractivity contribution in [2.24, 2.45) is 7.05 Å². The lowest BCUT2D eigenvalue weighted by Gasteiger charge is -1.97. The van der Waals surface area contributed by atoms with Crippen molar-refractivity contribution in [3.8, 4) is 11.4 Å². The van der Waals surface area contributed by atoms with Gasteiger partial charge in [0.2, 0.25) is 0 Å². The van der Waals surface area contributed by atoms with Crippen molar-refractivity contribution in [1.29, 1.82) is 0 Å². The molecule has 0 aliphatic carbocycles. The molecular formula is C8H6ClIN4. The summed E-state index contributed by atoms with van der Waals surface area (Å²) in [6, 6.07) is 0. The molecule has 0 saturated heterocycles. The molecule has 0 bridgehead atoms. The van der Waals surface area contributed by atoms with Crippen LogP contribution in [-0.2, 0) is 7.05 Å². The molecule has 0 amide bonds. The molecule has 0 N–H and O–H groups in total. The molecule has 2 rings (SSSR count). The van der Waals surface area contributed by atoms with Crippen LogP contribution in [0, 0.1) is 3.57 Å². The van der Waals surface area contributed by atoms with E-state index in [1.807, 2.05) is 13.2 Å². The molecule has 0 fully saturated rings. The number of hydrogen-bond acceptors (Lipinski definition) is 3. The van der Waals surface area contributed by atoms with Crippen LogP contribution in [0.1, 0.15) is 0 Å². The lowest BCUT2D eigenvalue weighted by atomic mass is 10.3. The molecule has 2 heterocycles. The quantitative estimate of drug-likeness (QED) is 0.597. The minimum Gasteiger partial charge on any atom is -0.275 e. The van der Waals surface area contributed by atoms with Gasteiger partial charge in [0, 0.05) is 19.4 Å². The van der Waals surface area contributed by atoms with E-state index >= 15 is 0 Å². The van der Waals surface area contributed by atoms with Crippen molar-refractivity contribution in [2.75, 3.05) is 0 Å². The molecule has 0 aromatic carbocycles. The fourth-order valence-corrected chi connectivity index (χ4v) is 1.41. The summed E-state index contributed by atoms with van der Waals surface area (Å²) in [5.41, 5.74) is 0.866. The monoisotopic (exact) mass is 320 g/mol. The highest BCUT2D eigenvalue weighted by atomic mass is 127. The fourth-order valence-electron chi connectivity index (χ4n) is 1.02. The lowest BCUT2D eigenvalue weighted by molar-refractivity contribution is 0.768. The van der Waals surface area contributed by atoms with Crippen LogP contribution in [-0.4, -0.2) is 19.7 Å². The van der Waals surface area contributed by atoms with Crippen molar-refractivity contribution in [1.82, 2.24) is 19.7 Å². The summed E-state index contributed by atoms with van der Waals surface area (Å²) in [6.07, 6.45) is 5.25. The summed E-state index contributed by atoms with van der Waals surface area (Å²) in [7, 11) is 1.85. The third kappa shape index (κ3) is 1.88. The largest absolute Gasteiger partial charge is 0.275 e. The number of halogens is 2. The van der Waals surface area contributed by atoms with Crippen LogP contribution in [0.3, 0.4) is 0 Å². The fraction of sp³-hybridized carbons (Fsp3) is 0.125. The predicted molar refractivity (Wildman–Crippen MR) is 62.0 cm³/mol. The first-order valence-corrected chi connectivity index (χ1v) is 5.29. The van der Waals surface area contributed by atoms with Gasteiger partial charge in [-0.3, -0.25) is 4.68 Å². The Morgan fingerprint density at radius 3 is 2.79 bits per heavy atom. The minimum absolute atomic E-state index is 0.472. The van der Waals surface area contributed by atoms with E-state index in [9.17, 15) is 0 Å². The Balaban J connectivity index is 2.47. The molecule has 0 radical (unpaired) electrons. The average Bonchev–Trinajstić information content (AvgIpc) is 2.57. The van der Waals surface area contributed by atoms with E-state index in [1.54, 1.807) is 17.1 Å². The number of rotatable bonds is 1. The second-order valence-electron chi connectivity index (χ2n) is 2.74. The predicted octanol–water partition coefficient (Wildman–Crippen LogP) is 2.14. The van der Waals surface area contributed by atoms with Gasteiger partial charge in [0.1, 0.15) is 5.15 Å². The van der Waals surface area contributed by atoms with Crippen LogP contribution < -0.4 is 0 Å². The van der Waals surface area contributed by atoms with Crippen molar-refractivity contribution < 1.29 is 0 Å². The molecule has 0 unspecified atom stereocenters. The van der Waals surface area contributed by atoms with Crippen molar-refractivity contribution >= 4 is 34.2 Å². The van der Waals surface area contributed by atoms with Crippen LogP contribution in [0.15, 0.2) is 18.6 Å². The number of aromatic nitrogens is 4. The Hall–Kier alpha value is -0.690. The Kier molecular flexibility index (Phi) is 2.69. The summed E-state index contributed by atoms with van der Waals surface area (Å²) >= 11 is 7.97. The molecule has 0 aliphatic rings.